The number of hydrogen-bond acceptors (Lipinski definition) is 3. The highest BCUT2D eigenvalue weighted by Crippen LogP contribution is 2.41. The molecule has 0 aliphatic carbocycles. The zero-order valence-electron chi connectivity index (χ0n) is 12.9. The molecule has 1 heterocycles. The van der Waals surface area contributed by atoms with Crippen molar-refractivity contribution < 1.29 is 10.0 Å². The van der Waals surface area contributed by atoms with Crippen molar-refractivity contribution in [2.45, 2.75) is 6.92 Å². The minimum Gasteiger partial charge on any atom is -0.423 e. The van der Waals surface area contributed by atoms with E-state index in [0.29, 0.717) is 5.47 Å². The van der Waals surface area contributed by atoms with E-state index in [1.165, 1.54) is 0 Å². The highest BCUT2D eigenvalue weighted by Gasteiger charge is 2.22. The second-order valence-electron chi connectivity index (χ2n) is 5.21. The summed E-state index contributed by atoms with van der Waals surface area (Å²) in [6.07, 6.45) is 3.53. The molecular weight excluding hydrogens is 303 g/mol. The van der Waals surface area contributed by atoms with Crippen molar-refractivity contribution in [1.29, 1.82) is 0 Å². The number of allylic oxidation sites excluding steroid dienone is 1. The Labute approximate surface area is 140 Å². The SMILES string of the molecule is C=Cc1c(/C(=C\C)B(O)O)sc2c(-c3ccccc3)cccc12. The zero-order valence-corrected chi connectivity index (χ0v) is 13.7. The Morgan fingerprint density at radius 3 is 2.43 bits per heavy atom. The van der Waals surface area contributed by atoms with Crippen molar-refractivity contribution in [1.82, 2.24) is 0 Å². The van der Waals surface area contributed by atoms with E-state index in [1.807, 2.05) is 31.2 Å². The van der Waals surface area contributed by atoms with Gasteiger partial charge in [0.15, 0.2) is 0 Å². The van der Waals surface area contributed by atoms with E-state index in [9.17, 15) is 10.0 Å². The molecule has 0 unspecified atom stereocenters. The molecule has 0 saturated carbocycles. The van der Waals surface area contributed by atoms with Crippen LogP contribution in [-0.2, 0) is 0 Å². The van der Waals surface area contributed by atoms with Gasteiger partial charge in [0, 0.05) is 15.0 Å². The van der Waals surface area contributed by atoms with Gasteiger partial charge >= 0.3 is 7.12 Å². The lowest BCUT2D eigenvalue weighted by Gasteiger charge is -2.04. The molecule has 4 heteroatoms. The fraction of sp³-hybridized carbons (Fsp3) is 0.0526. The van der Waals surface area contributed by atoms with Crippen molar-refractivity contribution in [2.75, 3.05) is 0 Å². The summed E-state index contributed by atoms with van der Waals surface area (Å²) in [7, 11) is -1.49. The Morgan fingerprint density at radius 1 is 1.09 bits per heavy atom. The molecule has 0 atom stereocenters. The van der Waals surface area contributed by atoms with E-state index in [4.69, 9.17) is 0 Å². The van der Waals surface area contributed by atoms with E-state index >= 15 is 0 Å². The largest absolute Gasteiger partial charge is 0.489 e. The molecule has 0 radical (unpaired) electrons. The summed E-state index contributed by atoms with van der Waals surface area (Å²) in [5, 5.41) is 20.4. The fourth-order valence-corrected chi connectivity index (χ4v) is 4.23. The second kappa shape index (κ2) is 6.55. The molecule has 2 nitrogen and oxygen atoms in total. The van der Waals surface area contributed by atoms with Gasteiger partial charge in [-0.2, -0.15) is 0 Å². The molecule has 0 bridgehead atoms. The summed E-state index contributed by atoms with van der Waals surface area (Å²) >= 11 is 1.57. The summed E-state index contributed by atoms with van der Waals surface area (Å²) < 4.78 is 1.13. The molecule has 2 N–H and O–H groups in total. The third kappa shape index (κ3) is 2.77. The molecule has 0 amide bonds. The van der Waals surface area contributed by atoms with Gasteiger partial charge < -0.3 is 10.0 Å². The molecular formula is C19H17BO2S. The number of benzene rings is 2. The van der Waals surface area contributed by atoms with Crippen LogP contribution in [-0.4, -0.2) is 17.2 Å². The van der Waals surface area contributed by atoms with E-state index in [2.05, 4.69) is 30.8 Å². The van der Waals surface area contributed by atoms with Crippen molar-refractivity contribution in [3.63, 3.8) is 0 Å². The zero-order chi connectivity index (χ0) is 16.4. The molecule has 0 aliphatic rings. The van der Waals surface area contributed by atoms with Gasteiger partial charge in [-0.3, -0.25) is 0 Å². The summed E-state index contributed by atoms with van der Waals surface area (Å²) in [6.45, 7) is 5.72. The molecule has 23 heavy (non-hydrogen) atoms. The minimum atomic E-state index is -1.49. The van der Waals surface area contributed by atoms with Crippen molar-refractivity contribution in [3.05, 3.63) is 71.6 Å². The van der Waals surface area contributed by atoms with Gasteiger partial charge in [-0.25, -0.2) is 0 Å². The van der Waals surface area contributed by atoms with Gasteiger partial charge in [-0.05, 0) is 29.1 Å². The summed E-state index contributed by atoms with van der Waals surface area (Å²) in [4.78, 5) is 0.857. The first kappa shape index (κ1) is 15.7. The van der Waals surface area contributed by atoms with Crippen LogP contribution in [0.3, 0.4) is 0 Å². The third-order valence-electron chi connectivity index (χ3n) is 3.89. The van der Waals surface area contributed by atoms with E-state index < -0.39 is 7.12 Å². The van der Waals surface area contributed by atoms with Crippen molar-refractivity contribution in [3.8, 4) is 11.1 Å². The lowest BCUT2D eigenvalue weighted by Crippen LogP contribution is -2.13. The lowest BCUT2D eigenvalue weighted by atomic mass is 9.77. The van der Waals surface area contributed by atoms with E-state index in [0.717, 1.165) is 31.7 Å². The number of hydrogen-bond donors (Lipinski definition) is 2. The molecule has 3 rings (SSSR count). The Balaban J connectivity index is 2.32. The summed E-state index contributed by atoms with van der Waals surface area (Å²) in [5.41, 5.74) is 3.75. The summed E-state index contributed by atoms with van der Waals surface area (Å²) in [6, 6.07) is 16.4. The number of thiophene rings is 1. The van der Waals surface area contributed by atoms with E-state index in [1.54, 1.807) is 23.5 Å². The van der Waals surface area contributed by atoms with Gasteiger partial charge in [0.2, 0.25) is 0 Å². The van der Waals surface area contributed by atoms with Crippen LogP contribution in [0.2, 0.25) is 0 Å². The van der Waals surface area contributed by atoms with Gasteiger partial charge in [0.25, 0.3) is 0 Å². The predicted octanol–water partition coefficient (Wildman–Crippen LogP) is 4.63. The van der Waals surface area contributed by atoms with Crippen LogP contribution in [0.1, 0.15) is 17.4 Å². The summed E-state index contributed by atoms with van der Waals surface area (Å²) in [5.74, 6) is 0. The van der Waals surface area contributed by atoms with Gasteiger partial charge in [-0.1, -0.05) is 67.3 Å². The Hall–Kier alpha value is -2.14. The molecule has 114 valence electrons. The molecule has 3 aromatic rings. The van der Waals surface area contributed by atoms with Crippen LogP contribution < -0.4 is 0 Å². The van der Waals surface area contributed by atoms with Crippen molar-refractivity contribution in [2.24, 2.45) is 0 Å². The average molecular weight is 320 g/mol. The number of rotatable bonds is 4. The van der Waals surface area contributed by atoms with Gasteiger partial charge in [-0.15, -0.1) is 11.3 Å². The van der Waals surface area contributed by atoms with Crippen LogP contribution in [0.4, 0.5) is 0 Å². The maximum atomic E-state index is 9.66. The van der Waals surface area contributed by atoms with Crippen LogP contribution in [0, 0.1) is 0 Å². The minimum absolute atomic E-state index is 0.514. The van der Waals surface area contributed by atoms with Crippen LogP contribution >= 0.6 is 11.3 Å². The molecule has 0 saturated heterocycles. The van der Waals surface area contributed by atoms with Crippen molar-refractivity contribution >= 4 is 40.1 Å². The third-order valence-corrected chi connectivity index (χ3v) is 5.20. The molecule has 0 aliphatic heterocycles. The first-order valence-electron chi connectivity index (χ1n) is 7.43. The molecule has 2 aromatic carbocycles. The maximum absolute atomic E-state index is 9.66. The van der Waals surface area contributed by atoms with E-state index in [-0.39, 0.29) is 0 Å². The normalized spacial score (nSPS) is 11.7. The predicted molar refractivity (Wildman–Crippen MR) is 101 cm³/mol. The topological polar surface area (TPSA) is 40.5 Å². The lowest BCUT2D eigenvalue weighted by molar-refractivity contribution is 0.427. The molecule has 0 fully saturated rings. The highest BCUT2D eigenvalue weighted by molar-refractivity contribution is 7.21. The quantitative estimate of drug-likeness (QED) is 0.688. The first-order chi connectivity index (χ1) is 11.2. The maximum Gasteiger partial charge on any atom is 0.489 e. The second-order valence-corrected chi connectivity index (χ2v) is 6.24. The Kier molecular flexibility index (Phi) is 4.48. The number of fused-ring (bicyclic) bond motifs is 1. The van der Waals surface area contributed by atoms with Crippen LogP contribution in [0.5, 0.6) is 0 Å². The first-order valence-corrected chi connectivity index (χ1v) is 8.25. The van der Waals surface area contributed by atoms with Crippen LogP contribution in [0.15, 0.2) is 61.2 Å². The molecule has 1 aromatic heterocycles. The smallest absolute Gasteiger partial charge is 0.423 e. The Morgan fingerprint density at radius 2 is 1.83 bits per heavy atom. The Bertz CT molecular complexity index is 879. The van der Waals surface area contributed by atoms with Gasteiger partial charge in [0.1, 0.15) is 0 Å². The highest BCUT2D eigenvalue weighted by atomic mass is 32.1. The standard InChI is InChI=1S/C19H17BO2S/c1-3-14-16-12-8-11-15(13-9-6-5-7-10-13)18(16)23-19(14)17(4-2)20(21)22/h3-12,21-22H,1H2,2H3/b17-4+. The monoisotopic (exact) mass is 320 g/mol. The fourth-order valence-electron chi connectivity index (χ4n) is 2.80. The molecule has 0 spiro atoms. The average Bonchev–Trinajstić information content (AvgIpc) is 2.94. The van der Waals surface area contributed by atoms with Crippen LogP contribution in [0.25, 0.3) is 32.8 Å². The van der Waals surface area contributed by atoms with Gasteiger partial charge in [0.05, 0.1) is 0 Å².